The van der Waals surface area contributed by atoms with Gasteiger partial charge in [-0.25, -0.2) is 4.98 Å². The summed E-state index contributed by atoms with van der Waals surface area (Å²) in [6.45, 7) is 5.21. The predicted molar refractivity (Wildman–Crippen MR) is 64.5 cm³/mol. The lowest BCUT2D eigenvalue weighted by Crippen LogP contribution is -2.12. The highest BCUT2D eigenvalue weighted by molar-refractivity contribution is 6.32. The normalized spacial score (nSPS) is 12.3. The Morgan fingerprint density at radius 2 is 2.27 bits per heavy atom. The molecule has 0 bridgehead atoms. The second kappa shape index (κ2) is 5.75. The van der Waals surface area contributed by atoms with E-state index in [-0.39, 0.29) is 0 Å². The van der Waals surface area contributed by atoms with Gasteiger partial charge in [-0.15, -0.1) is 0 Å². The van der Waals surface area contributed by atoms with Gasteiger partial charge in [-0.05, 0) is 5.92 Å². The van der Waals surface area contributed by atoms with Gasteiger partial charge in [0.2, 0.25) is 5.95 Å². The van der Waals surface area contributed by atoms with Gasteiger partial charge in [0.1, 0.15) is 10.8 Å². The molecule has 5 heteroatoms. The van der Waals surface area contributed by atoms with Crippen LogP contribution in [0.15, 0.2) is 6.20 Å². The number of nitrogens with zero attached hydrogens (tertiary/aromatic N) is 2. The molecule has 1 unspecified atom stereocenters. The van der Waals surface area contributed by atoms with E-state index in [1.165, 1.54) is 0 Å². The average Bonchev–Trinajstić information content (AvgIpc) is 2.27. The molecule has 0 aromatic carbocycles. The van der Waals surface area contributed by atoms with Gasteiger partial charge >= 0.3 is 0 Å². The average molecular weight is 229 g/mol. The van der Waals surface area contributed by atoms with E-state index in [0.29, 0.717) is 22.7 Å². The van der Waals surface area contributed by atoms with Crippen molar-refractivity contribution >= 4 is 23.4 Å². The van der Waals surface area contributed by atoms with Gasteiger partial charge in [0.15, 0.2) is 0 Å². The van der Waals surface area contributed by atoms with E-state index < -0.39 is 0 Å². The first-order valence-electron chi connectivity index (χ1n) is 5.11. The Hall–Kier alpha value is -1.03. The van der Waals surface area contributed by atoms with Crippen molar-refractivity contribution in [3.63, 3.8) is 0 Å². The second-order valence-corrected chi connectivity index (χ2v) is 3.94. The van der Waals surface area contributed by atoms with Crippen LogP contribution < -0.4 is 10.6 Å². The standard InChI is InChI=1S/C10H17ClN4/c1-4-7(2)5-13-9-8(11)6-14-10(12-3)15-9/h6-7H,4-5H2,1-3H3,(H2,12,13,14,15). The van der Waals surface area contributed by atoms with Crippen molar-refractivity contribution in [3.05, 3.63) is 11.2 Å². The molecule has 1 atom stereocenters. The number of hydrogen-bond acceptors (Lipinski definition) is 4. The fourth-order valence-corrected chi connectivity index (χ4v) is 1.18. The Morgan fingerprint density at radius 1 is 1.53 bits per heavy atom. The topological polar surface area (TPSA) is 49.8 Å². The fourth-order valence-electron chi connectivity index (χ4n) is 1.03. The molecular formula is C10H17ClN4. The minimum atomic E-state index is 0.553. The summed E-state index contributed by atoms with van der Waals surface area (Å²) >= 11 is 5.96. The number of anilines is 2. The minimum absolute atomic E-state index is 0.553. The molecule has 1 aromatic heterocycles. The lowest BCUT2D eigenvalue weighted by molar-refractivity contribution is 0.592. The third kappa shape index (κ3) is 3.55. The first-order valence-corrected chi connectivity index (χ1v) is 5.49. The van der Waals surface area contributed by atoms with E-state index in [1.807, 2.05) is 0 Å². The molecule has 84 valence electrons. The first kappa shape index (κ1) is 12.0. The van der Waals surface area contributed by atoms with Crippen LogP contribution in [0.2, 0.25) is 5.02 Å². The molecule has 0 saturated heterocycles. The summed E-state index contributed by atoms with van der Waals surface area (Å²) in [5.74, 6) is 1.87. The Morgan fingerprint density at radius 3 is 2.87 bits per heavy atom. The zero-order chi connectivity index (χ0) is 11.3. The molecule has 1 heterocycles. The Kier molecular flexibility index (Phi) is 4.62. The Labute approximate surface area is 95.5 Å². The molecule has 0 spiro atoms. The van der Waals surface area contributed by atoms with Gasteiger partial charge < -0.3 is 10.6 Å². The van der Waals surface area contributed by atoms with Crippen LogP contribution in [-0.4, -0.2) is 23.6 Å². The van der Waals surface area contributed by atoms with Gasteiger partial charge in [0.05, 0.1) is 6.20 Å². The van der Waals surface area contributed by atoms with E-state index in [4.69, 9.17) is 11.6 Å². The molecule has 2 N–H and O–H groups in total. The van der Waals surface area contributed by atoms with Crippen LogP contribution in [0.1, 0.15) is 20.3 Å². The third-order valence-corrected chi connectivity index (χ3v) is 2.56. The van der Waals surface area contributed by atoms with Crippen LogP contribution in [0.4, 0.5) is 11.8 Å². The maximum absolute atomic E-state index is 5.96. The summed E-state index contributed by atoms with van der Waals surface area (Å²) in [5.41, 5.74) is 0. The summed E-state index contributed by atoms with van der Waals surface area (Å²) in [4.78, 5) is 8.24. The molecule has 1 aromatic rings. The number of nitrogens with one attached hydrogen (secondary N) is 2. The number of rotatable bonds is 5. The Balaban J connectivity index is 2.66. The maximum Gasteiger partial charge on any atom is 0.224 e. The highest BCUT2D eigenvalue weighted by atomic mass is 35.5. The zero-order valence-electron chi connectivity index (χ0n) is 9.34. The maximum atomic E-state index is 5.96. The van der Waals surface area contributed by atoms with E-state index in [9.17, 15) is 0 Å². The van der Waals surface area contributed by atoms with Crippen molar-refractivity contribution in [2.45, 2.75) is 20.3 Å². The number of aromatic nitrogens is 2. The van der Waals surface area contributed by atoms with E-state index in [0.717, 1.165) is 13.0 Å². The summed E-state index contributed by atoms with van der Waals surface area (Å²) in [5, 5.41) is 6.64. The van der Waals surface area contributed by atoms with Gasteiger partial charge in [-0.3, -0.25) is 0 Å². The molecule has 0 radical (unpaired) electrons. The van der Waals surface area contributed by atoms with Crippen LogP contribution in [0.25, 0.3) is 0 Å². The van der Waals surface area contributed by atoms with Crippen molar-refractivity contribution < 1.29 is 0 Å². The van der Waals surface area contributed by atoms with Crippen LogP contribution in [-0.2, 0) is 0 Å². The van der Waals surface area contributed by atoms with E-state index >= 15 is 0 Å². The minimum Gasteiger partial charge on any atom is -0.368 e. The van der Waals surface area contributed by atoms with Crippen LogP contribution in [0.5, 0.6) is 0 Å². The smallest absolute Gasteiger partial charge is 0.224 e. The zero-order valence-corrected chi connectivity index (χ0v) is 10.1. The van der Waals surface area contributed by atoms with Crippen LogP contribution in [0, 0.1) is 5.92 Å². The third-order valence-electron chi connectivity index (χ3n) is 2.28. The molecule has 4 nitrogen and oxygen atoms in total. The van der Waals surface area contributed by atoms with Gasteiger partial charge in [-0.1, -0.05) is 31.9 Å². The Bertz CT molecular complexity index is 316. The highest BCUT2D eigenvalue weighted by Crippen LogP contribution is 2.19. The van der Waals surface area contributed by atoms with Crippen LogP contribution in [0.3, 0.4) is 0 Å². The molecule has 0 aliphatic carbocycles. The van der Waals surface area contributed by atoms with Crippen molar-refractivity contribution in [3.8, 4) is 0 Å². The van der Waals surface area contributed by atoms with Gasteiger partial charge in [0.25, 0.3) is 0 Å². The molecular weight excluding hydrogens is 212 g/mol. The van der Waals surface area contributed by atoms with E-state index in [1.54, 1.807) is 13.2 Å². The van der Waals surface area contributed by atoms with Crippen LogP contribution >= 0.6 is 11.6 Å². The van der Waals surface area contributed by atoms with E-state index in [2.05, 4.69) is 34.4 Å². The molecule has 0 amide bonds. The molecule has 0 fully saturated rings. The second-order valence-electron chi connectivity index (χ2n) is 3.53. The highest BCUT2D eigenvalue weighted by Gasteiger charge is 2.05. The SMILES string of the molecule is CCC(C)CNc1nc(NC)ncc1Cl. The van der Waals surface area contributed by atoms with Gasteiger partial charge in [-0.2, -0.15) is 4.98 Å². The molecule has 0 aliphatic rings. The number of hydrogen-bond donors (Lipinski definition) is 2. The molecule has 0 aliphatic heterocycles. The summed E-state index contributed by atoms with van der Waals surface area (Å²) < 4.78 is 0. The lowest BCUT2D eigenvalue weighted by atomic mass is 10.1. The van der Waals surface area contributed by atoms with Crippen molar-refractivity contribution in [2.75, 3.05) is 24.2 Å². The summed E-state index contributed by atoms with van der Waals surface area (Å²) in [6, 6.07) is 0. The van der Waals surface area contributed by atoms with Gasteiger partial charge in [0, 0.05) is 13.6 Å². The summed E-state index contributed by atoms with van der Waals surface area (Å²) in [7, 11) is 1.78. The predicted octanol–water partition coefficient (Wildman–Crippen LogP) is 2.63. The van der Waals surface area contributed by atoms with Crippen molar-refractivity contribution in [2.24, 2.45) is 5.92 Å². The monoisotopic (exact) mass is 228 g/mol. The summed E-state index contributed by atoms with van der Waals surface area (Å²) in [6.07, 6.45) is 2.73. The van der Waals surface area contributed by atoms with Crippen molar-refractivity contribution in [1.82, 2.24) is 9.97 Å². The number of halogens is 1. The molecule has 15 heavy (non-hydrogen) atoms. The fraction of sp³-hybridized carbons (Fsp3) is 0.600. The van der Waals surface area contributed by atoms with Crippen molar-refractivity contribution in [1.29, 1.82) is 0 Å². The first-order chi connectivity index (χ1) is 7.17. The molecule has 1 rings (SSSR count). The quantitative estimate of drug-likeness (QED) is 0.814. The largest absolute Gasteiger partial charge is 0.368 e. The molecule has 0 saturated carbocycles. The lowest BCUT2D eigenvalue weighted by Gasteiger charge is -2.12.